The van der Waals surface area contributed by atoms with Crippen molar-refractivity contribution in [2.24, 2.45) is 0 Å². The zero-order chi connectivity index (χ0) is 16.2. The maximum atomic E-state index is 11.3. The average Bonchev–Trinajstić information content (AvgIpc) is 2.53. The van der Waals surface area contributed by atoms with Crippen LogP contribution in [0.3, 0.4) is 0 Å². The lowest BCUT2D eigenvalue weighted by molar-refractivity contribution is -0.750. The second-order valence-corrected chi connectivity index (χ2v) is 6.34. The summed E-state index contributed by atoms with van der Waals surface area (Å²) in [5, 5.41) is 4.15. The molecule has 22 heavy (non-hydrogen) atoms. The predicted octanol–water partition coefficient (Wildman–Crippen LogP) is 0.119. The van der Waals surface area contributed by atoms with Gasteiger partial charge in [0.1, 0.15) is 11.9 Å². The standard InChI is InChI=1S/C13H17N4O4S/c1-10-8-12(20-2)16-13(15-10)11-4-5-17(14-9-11)6-7-22(18,19)21-3/h4-5,8-9H,6-7H2,1-3H3/q+1. The highest BCUT2D eigenvalue weighted by Gasteiger charge is 2.14. The van der Waals surface area contributed by atoms with Gasteiger partial charge in [0, 0.05) is 23.4 Å². The van der Waals surface area contributed by atoms with E-state index in [4.69, 9.17) is 4.74 Å². The molecule has 0 saturated carbocycles. The fourth-order valence-corrected chi connectivity index (χ4v) is 2.29. The van der Waals surface area contributed by atoms with Crippen molar-refractivity contribution in [1.29, 1.82) is 0 Å². The molecular weight excluding hydrogens is 308 g/mol. The third kappa shape index (κ3) is 4.18. The zero-order valence-corrected chi connectivity index (χ0v) is 13.4. The van der Waals surface area contributed by atoms with Crippen LogP contribution < -0.4 is 9.42 Å². The number of hydrogen-bond acceptors (Lipinski definition) is 7. The Kier molecular flexibility index (Phi) is 4.99. The highest BCUT2D eigenvalue weighted by Crippen LogP contribution is 2.16. The Morgan fingerprint density at radius 3 is 2.64 bits per heavy atom. The Morgan fingerprint density at radius 1 is 1.27 bits per heavy atom. The van der Waals surface area contributed by atoms with Gasteiger partial charge >= 0.3 is 0 Å². The summed E-state index contributed by atoms with van der Waals surface area (Å²) in [5.41, 5.74) is 1.50. The van der Waals surface area contributed by atoms with Gasteiger partial charge in [-0.05, 0) is 12.0 Å². The van der Waals surface area contributed by atoms with Crippen LogP contribution in [0.1, 0.15) is 5.69 Å². The van der Waals surface area contributed by atoms with Crippen molar-refractivity contribution in [3.05, 3.63) is 30.2 Å². The monoisotopic (exact) mass is 325 g/mol. The highest BCUT2D eigenvalue weighted by atomic mass is 32.2. The normalized spacial score (nSPS) is 11.4. The van der Waals surface area contributed by atoms with Gasteiger partial charge in [0.15, 0.2) is 18.6 Å². The molecule has 0 aromatic carbocycles. The van der Waals surface area contributed by atoms with Gasteiger partial charge in [0.2, 0.25) is 5.88 Å². The molecule has 0 aliphatic rings. The first-order chi connectivity index (χ1) is 10.4. The van der Waals surface area contributed by atoms with E-state index in [2.05, 4.69) is 19.2 Å². The molecule has 2 rings (SSSR count). The van der Waals surface area contributed by atoms with Gasteiger partial charge in [-0.3, -0.25) is 4.18 Å². The summed E-state index contributed by atoms with van der Waals surface area (Å²) in [6.07, 6.45) is 3.24. The van der Waals surface area contributed by atoms with E-state index in [-0.39, 0.29) is 12.3 Å². The van der Waals surface area contributed by atoms with E-state index in [0.29, 0.717) is 17.3 Å². The van der Waals surface area contributed by atoms with Crippen LogP contribution in [0, 0.1) is 6.92 Å². The molecule has 0 saturated heterocycles. The van der Waals surface area contributed by atoms with Crippen LogP contribution in [-0.4, -0.2) is 43.5 Å². The number of rotatable bonds is 6. The van der Waals surface area contributed by atoms with Crippen LogP contribution in [-0.2, 0) is 20.8 Å². The molecule has 0 aliphatic heterocycles. The fourth-order valence-electron chi connectivity index (χ4n) is 1.71. The lowest BCUT2D eigenvalue weighted by Gasteiger charge is -2.04. The fraction of sp³-hybridized carbons (Fsp3) is 0.385. The van der Waals surface area contributed by atoms with Gasteiger partial charge in [-0.15, -0.1) is 0 Å². The Labute approximate surface area is 128 Å². The van der Waals surface area contributed by atoms with Crippen LogP contribution >= 0.6 is 0 Å². The number of aromatic nitrogens is 4. The lowest BCUT2D eigenvalue weighted by atomic mass is 10.3. The molecular formula is C13H17N4O4S+. The van der Waals surface area contributed by atoms with E-state index in [1.54, 1.807) is 31.6 Å². The molecule has 0 N–H and O–H groups in total. The molecule has 2 aromatic heterocycles. The number of methoxy groups -OCH3 is 1. The number of aryl methyl sites for hydroxylation is 2. The van der Waals surface area contributed by atoms with E-state index in [0.717, 1.165) is 12.8 Å². The third-order valence-corrected chi connectivity index (χ3v) is 4.08. The van der Waals surface area contributed by atoms with Crippen LogP contribution in [0.15, 0.2) is 24.5 Å². The van der Waals surface area contributed by atoms with E-state index in [1.165, 1.54) is 4.68 Å². The van der Waals surface area contributed by atoms with E-state index >= 15 is 0 Å². The van der Waals surface area contributed by atoms with Gasteiger partial charge < -0.3 is 4.74 Å². The SMILES string of the molecule is COc1cc(C)nc(-c2cc[n+](CCS(=O)(=O)OC)nc2)n1. The summed E-state index contributed by atoms with van der Waals surface area (Å²) in [5.74, 6) is 0.835. The van der Waals surface area contributed by atoms with Crippen LogP contribution in [0.25, 0.3) is 11.4 Å². The first kappa shape index (κ1) is 16.2. The van der Waals surface area contributed by atoms with Crippen molar-refractivity contribution in [3.8, 4) is 17.3 Å². The van der Waals surface area contributed by atoms with E-state index < -0.39 is 10.1 Å². The molecule has 0 spiro atoms. The molecule has 0 unspecified atom stereocenters. The molecule has 2 aromatic rings. The zero-order valence-electron chi connectivity index (χ0n) is 12.6. The van der Waals surface area contributed by atoms with Gasteiger partial charge in [0.25, 0.3) is 10.1 Å². The highest BCUT2D eigenvalue weighted by molar-refractivity contribution is 7.86. The second kappa shape index (κ2) is 6.75. The largest absolute Gasteiger partial charge is 0.481 e. The summed E-state index contributed by atoms with van der Waals surface area (Å²) < 4.78 is 33.6. The molecule has 0 aliphatic carbocycles. The first-order valence-corrected chi connectivity index (χ1v) is 8.05. The Hall–Kier alpha value is -2.13. The second-order valence-electron chi connectivity index (χ2n) is 4.48. The Bertz CT molecular complexity index is 747. The van der Waals surface area contributed by atoms with Gasteiger partial charge in [-0.25, -0.2) is 4.98 Å². The van der Waals surface area contributed by atoms with Crippen molar-refractivity contribution in [1.82, 2.24) is 15.1 Å². The lowest BCUT2D eigenvalue weighted by Crippen LogP contribution is -2.40. The maximum Gasteiger partial charge on any atom is 0.273 e. The van der Waals surface area contributed by atoms with E-state index in [9.17, 15) is 8.42 Å². The predicted molar refractivity (Wildman–Crippen MR) is 77.5 cm³/mol. The topological polar surface area (TPSA) is 95.2 Å². The summed E-state index contributed by atoms with van der Waals surface area (Å²) in [6.45, 7) is 2.05. The maximum absolute atomic E-state index is 11.3. The van der Waals surface area contributed by atoms with Crippen molar-refractivity contribution in [3.63, 3.8) is 0 Å². The average molecular weight is 325 g/mol. The van der Waals surface area contributed by atoms with Gasteiger partial charge in [-0.2, -0.15) is 13.4 Å². The number of ether oxygens (including phenoxy) is 1. The molecule has 0 fully saturated rings. The molecule has 0 atom stereocenters. The van der Waals surface area contributed by atoms with Crippen LogP contribution in [0.2, 0.25) is 0 Å². The molecule has 2 heterocycles. The summed E-state index contributed by atoms with van der Waals surface area (Å²) >= 11 is 0. The summed E-state index contributed by atoms with van der Waals surface area (Å²) in [4.78, 5) is 8.58. The van der Waals surface area contributed by atoms with Crippen molar-refractivity contribution < 1.29 is 22.0 Å². The minimum Gasteiger partial charge on any atom is -0.481 e. The Morgan fingerprint density at radius 2 is 2.05 bits per heavy atom. The number of hydrogen-bond donors (Lipinski definition) is 0. The molecule has 118 valence electrons. The molecule has 8 nitrogen and oxygen atoms in total. The third-order valence-electron chi connectivity index (χ3n) is 2.89. The van der Waals surface area contributed by atoms with Crippen LogP contribution in [0.5, 0.6) is 5.88 Å². The van der Waals surface area contributed by atoms with Crippen molar-refractivity contribution >= 4 is 10.1 Å². The molecule has 9 heteroatoms. The smallest absolute Gasteiger partial charge is 0.273 e. The summed E-state index contributed by atoms with van der Waals surface area (Å²) in [6, 6.07) is 3.50. The minimum atomic E-state index is -3.50. The molecule has 0 bridgehead atoms. The van der Waals surface area contributed by atoms with Crippen molar-refractivity contribution in [2.45, 2.75) is 13.5 Å². The Balaban J connectivity index is 2.17. The van der Waals surface area contributed by atoms with E-state index in [1.807, 2.05) is 6.92 Å². The molecule has 0 radical (unpaired) electrons. The quantitative estimate of drug-likeness (QED) is 0.550. The summed E-state index contributed by atoms with van der Waals surface area (Å²) in [7, 11) is -0.818. The van der Waals surface area contributed by atoms with Gasteiger partial charge in [-0.1, -0.05) is 4.68 Å². The van der Waals surface area contributed by atoms with Crippen molar-refractivity contribution in [2.75, 3.05) is 20.0 Å². The minimum absolute atomic E-state index is 0.144. The van der Waals surface area contributed by atoms with Crippen LogP contribution in [0.4, 0.5) is 0 Å². The number of nitrogens with zero attached hydrogens (tertiary/aromatic N) is 4. The molecule has 0 amide bonds. The first-order valence-electron chi connectivity index (χ1n) is 6.47. The van der Waals surface area contributed by atoms with Gasteiger partial charge in [0.05, 0.1) is 14.2 Å².